The van der Waals surface area contributed by atoms with Crippen molar-refractivity contribution < 1.29 is 14.6 Å². The molecular weight excluding hydrogens is 246 g/mol. The van der Waals surface area contributed by atoms with Crippen LogP contribution in [0, 0.1) is 0 Å². The van der Waals surface area contributed by atoms with Gasteiger partial charge in [-0.2, -0.15) is 0 Å². The number of amides is 1. The lowest BCUT2D eigenvalue weighted by molar-refractivity contribution is -0.133. The Hall–Kier alpha value is -0.690. The Morgan fingerprint density at radius 1 is 1.53 bits per heavy atom. The van der Waals surface area contributed by atoms with E-state index in [4.69, 9.17) is 4.74 Å². The molecular formula is C13H25N3O3. The number of carbonyl (C=O) groups excluding carboxylic acids is 1. The minimum absolute atomic E-state index is 0.0550. The molecule has 0 unspecified atom stereocenters. The molecule has 0 aromatic carbocycles. The average Bonchev–Trinajstić information content (AvgIpc) is 2.92. The SMILES string of the molecule is CN(C[C@@H](O)CN1CCOCC1)C(=O)[C@@H]1CCCN1. The summed E-state index contributed by atoms with van der Waals surface area (Å²) in [6.07, 6.45) is 1.47. The van der Waals surface area contributed by atoms with Crippen molar-refractivity contribution >= 4 is 5.91 Å². The van der Waals surface area contributed by atoms with Crippen LogP contribution in [0.1, 0.15) is 12.8 Å². The van der Waals surface area contributed by atoms with E-state index < -0.39 is 6.10 Å². The van der Waals surface area contributed by atoms with Crippen LogP contribution in [0.4, 0.5) is 0 Å². The monoisotopic (exact) mass is 271 g/mol. The van der Waals surface area contributed by atoms with Gasteiger partial charge in [0.15, 0.2) is 0 Å². The summed E-state index contributed by atoms with van der Waals surface area (Å²) in [5.74, 6) is 0.0959. The van der Waals surface area contributed by atoms with E-state index in [1.807, 2.05) is 0 Å². The van der Waals surface area contributed by atoms with Crippen molar-refractivity contribution in [2.75, 3.05) is 53.0 Å². The van der Waals surface area contributed by atoms with Crippen molar-refractivity contribution in [3.05, 3.63) is 0 Å². The Kier molecular flexibility index (Phi) is 5.57. The number of ether oxygens (including phenoxy) is 1. The largest absolute Gasteiger partial charge is 0.390 e. The van der Waals surface area contributed by atoms with Gasteiger partial charge in [0, 0.05) is 33.2 Å². The van der Waals surface area contributed by atoms with Crippen molar-refractivity contribution in [1.29, 1.82) is 0 Å². The third-order valence-electron chi connectivity index (χ3n) is 3.79. The molecule has 19 heavy (non-hydrogen) atoms. The highest BCUT2D eigenvalue weighted by Crippen LogP contribution is 2.08. The first-order chi connectivity index (χ1) is 9.16. The maximum atomic E-state index is 12.1. The lowest BCUT2D eigenvalue weighted by Crippen LogP contribution is -2.48. The number of aliphatic hydroxyl groups excluding tert-OH is 1. The van der Waals surface area contributed by atoms with Gasteiger partial charge >= 0.3 is 0 Å². The third-order valence-corrected chi connectivity index (χ3v) is 3.79. The number of carbonyl (C=O) groups is 1. The minimum atomic E-state index is -0.492. The fraction of sp³-hybridized carbons (Fsp3) is 0.923. The van der Waals surface area contributed by atoms with E-state index in [-0.39, 0.29) is 11.9 Å². The van der Waals surface area contributed by atoms with Crippen molar-refractivity contribution in [3.63, 3.8) is 0 Å². The molecule has 0 bridgehead atoms. The smallest absolute Gasteiger partial charge is 0.239 e. The molecule has 110 valence electrons. The highest BCUT2D eigenvalue weighted by atomic mass is 16.5. The molecule has 2 atom stereocenters. The summed E-state index contributed by atoms with van der Waals surface area (Å²) in [5.41, 5.74) is 0. The number of aliphatic hydroxyl groups is 1. The molecule has 2 aliphatic heterocycles. The number of rotatable bonds is 5. The fourth-order valence-corrected chi connectivity index (χ4v) is 2.71. The van der Waals surface area contributed by atoms with Crippen LogP contribution in [0.5, 0.6) is 0 Å². The summed E-state index contributed by atoms with van der Waals surface area (Å²) in [4.78, 5) is 15.9. The van der Waals surface area contributed by atoms with E-state index in [9.17, 15) is 9.90 Å². The van der Waals surface area contributed by atoms with Gasteiger partial charge in [-0.25, -0.2) is 0 Å². The molecule has 0 radical (unpaired) electrons. The van der Waals surface area contributed by atoms with Gasteiger partial charge in [0.25, 0.3) is 0 Å². The van der Waals surface area contributed by atoms with Crippen LogP contribution >= 0.6 is 0 Å². The number of nitrogens with one attached hydrogen (secondary N) is 1. The molecule has 2 fully saturated rings. The Morgan fingerprint density at radius 2 is 2.26 bits per heavy atom. The summed E-state index contributed by atoms with van der Waals surface area (Å²) >= 11 is 0. The molecule has 2 aliphatic rings. The van der Waals surface area contributed by atoms with Crippen LogP contribution in [0.25, 0.3) is 0 Å². The number of morpholine rings is 1. The van der Waals surface area contributed by atoms with E-state index in [0.29, 0.717) is 13.1 Å². The van der Waals surface area contributed by atoms with Crippen LogP contribution in [-0.4, -0.2) is 85.9 Å². The number of likely N-dealkylation sites (N-methyl/N-ethyl adjacent to an activating group) is 1. The van der Waals surface area contributed by atoms with E-state index >= 15 is 0 Å². The zero-order valence-corrected chi connectivity index (χ0v) is 11.7. The second-order valence-corrected chi connectivity index (χ2v) is 5.43. The Bertz CT molecular complexity index is 289. The molecule has 2 heterocycles. The average molecular weight is 271 g/mol. The fourth-order valence-electron chi connectivity index (χ4n) is 2.71. The van der Waals surface area contributed by atoms with Gasteiger partial charge in [-0.15, -0.1) is 0 Å². The summed E-state index contributed by atoms with van der Waals surface area (Å²) in [6, 6.07) is -0.0550. The number of hydrogen-bond acceptors (Lipinski definition) is 5. The summed E-state index contributed by atoms with van der Waals surface area (Å²) in [5, 5.41) is 13.3. The molecule has 2 saturated heterocycles. The molecule has 0 aromatic heterocycles. The first kappa shape index (κ1) is 14.7. The van der Waals surface area contributed by atoms with E-state index in [2.05, 4.69) is 10.2 Å². The molecule has 0 aromatic rings. The number of hydrogen-bond donors (Lipinski definition) is 2. The van der Waals surface area contributed by atoms with Crippen LogP contribution in [-0.2, 0) is 9.53 Å². The molecule has 2 N–H and O–H groups in total. The maximum Gasteiger partial charge on any atom is 0.239 e. The van der Waals surface area contributed by atoms with Gasteiger partial charge in [-0.1, -0.05) is 0 Å². The minimum Gasteiger partial charge on any atom is -0.390 e. The molecule has 1 amide bonds. The summed E-state index contributed by atoms with van der Waals surface area (Å²) in [6.45, 7) is 5.10. The molecule has 2 rings (SSSR count). The lowest BCUT2D eigenvalue weighted by Gasteiger charge is -2.30. The van der Waals surface area contributed by atoms with Gasteiger partial charge in [0.2, 0.25) is 5.91 Å². The van der Waals surface area contributed by atoms with Gasteiger partial charge in [-0.05, 0) is 19.4 Å². The van der Waals surface area contributed by atoms with E-state index in [1.165, 1.54) is 0 Å². The molecule has 6 nitrogen and oxygen atoms in total. The quantitative estimate of drug-likeness (QED) is 0.664. The first-order valence-electron chi connectivity index (χ1n) is 7.13. The summed E-state index contributed by atoms with van der Waals surface area (Å²) in [7, 11) is 1.77. The van der Waals surface area contributed by atoms with Crippen LogP contribution in [0.3, 0.4) is 0 Å². The Balaban J connectivity index is 1.70. The normalized spacial score (nSPS) is 26.3. The zero-order valence-electron chi connectivity index (χ0n) is 11.7. The third kappa shape index (κ3) is 4.42. The second-order valence-electron chi connectivity index (χ2n) is 5.43. The molecule has 0 spiro atoms. The zero-order chi connectivity index (χ0) is 13.7. The van der Waals surface area contributed by atoms with Gasteiger partial charge < -0.3 is 20.1 Å². The second kappa shape index (κ2) is 7.19. The predicted octanol–water partition coefficient (Wildman–Crippen LogP) is -1.11. The highest BCUT2D eigenvalue weighted by Gasteiger charge is 2.26. The van der Waals surface area contributed by atoms with Crippen LogP contribution in [0.2, 0.25) is 0 Å². The number of β-amino-alcohol motifs (C(OH)–C–C–N with tert-alkyl or cyclic N) is 1. The molecule has 6 heteroatoms. The van der Waals surface area contributed by atoms with Crippen LogP contribution in [0.15, 0.2) is 0 Å². The van der Waals surface area contributed by atoms with Crippen molar-refractivity contribution in [1.82, 2.24) is 15.1 Å². The Labute approximate surface area is 114 Å². The number of nitrogens with zero attached hydrogens (tertiary/aromatic N) is 2. The van der Waals surface area contributed by atoms with Crippen LogP contribution < -0.4 is 5.32 Å². The first-order valence-corrected chi connectivity index (χ1v) is 7.13. The van der Waals surface area contributed by atoms with Crippen molar-refractivity contribution in [2.45, 2.75) is 25.0 Å². The Morgan fingerprint density at radius 3 is 2.89 bits per heavy atom. The lowest BCUT2D eigenvalue weighted by atomic mass is 10.2. The topological polar surface area (TPSA) is 65.0 Å². The van der Waals surface area contributed by atoms with Crippen molar-refractivity contribution in [3.8, 4) is 0 Å². The van der Waals surface area contributed by atoms with Gasteiger partial charge in [0.05, 0.1) is 25.4 Å². The van der Waals surface area contributed by atoms with Gasteiger partial charge in [0.1, 0.15) is 0 Å². The van der Waals surface area contributed by atoms with E-state index in [0.717, 1.165) is 45.7 Å². The van der Waals surface area contributed by atoms with Gasteiger partial charge in [-0.3, -0.25) is 9.69 Å². The predicted molar refractivity (Wildman–Crippen MR) is 71.9 cm³/mol. The summed E-state index contributed by atoms with van der Waals surface area (Å²) < 4.78 is 5.27. The van der Waals surface area contributed by atoms with Crippen molar-refractivity contribution in [2.24, 2.45) is 0 Å². The molecule has 0 aliphatic carbocycles. The molecule has 0 saturated carbocycles. The van der Waals surface area contributed by atoms with E-state index in [1.54, 1.807) is 11.9 Å². The maximum absolute atomic E-state index is 12.1. The highest BCUT2D eigenvalue weighted by molar-refractivity contribution is 5.81. The standard InChI is InChI=1S/C13H25N3O3/c1-15(13(18)12-3-2-4-14-12)9-11(17)10-16-5-7-19-8-6-16/h11-12,14,17H,2-10H2,1H3/t11-,12+/m1/s1.